The molecule has 1 aliphatic rings. The van der Waals surface area contributed by atoms with Crippen LogP contribution in [0.4, 0.5) is 0 Å². The fourth-order valence-corrected chi connectivity index (χ4v) is 4.64. The van der Waals surface area contributed by atoms with Gasteiger partial charge in [0.2, 0.25) is 0 Å². The number of hydrogen-bond donors (Lipinski definition) is 0. The van der Waals surface area contributed by atoms with Crippen molar-refractivity contribution in [2.75, 3.05) is 0 Å². The molecule has 1 aliphatic carbocycles. The van der Waals surface area contributed by atoms with E-state index < -0.39 is 8.32 Å². The fourth-order valence-electron chi connectivity index (χ4n) is 2.05. The fraction of sp³-hybridized carbons (Fsp3) is 0.529. The van der Waals surface area contributed by atoms with E-state index in [1.165, 1.54) is 4.90 Å². The molecule has 1 aromatic carbocycles. The first-order valence-electron chi connectivity index (χ1n) is 7.36. The lowest BCUT2D eigenvalue weighted by molar-refractivity contribution is 0.198. The van der Waals surface area contributed by atoms with E-state index in [1.54, 1.807) is 0 Å². The third kappa shape index (κ3) is 3.77. The molecule has 3 heteroatoms. The molecule has 0 fully saturated rings. The monoisotopic (exact) mass is 306 g/mol. The van der Waals surface area contributed by atoms with Crippen LogP contribution in [0.25, 0.3) is 0 Å². The lowest BCUT2D eigenvalue weighted by Crippen LogP contribution is -2.45. The molecule has 0 saturated heterocycles. The summed E-state index contributed by atoms with van der Waals surface area (Å²) in [5.41, 5.74) is 0. The zero-order valence-corrected chi connectivity index (χ0v) is 15.0. The van der Waals surface area contributed by atoms with Crippen molar-refractivity contribution in [1.29, 1.82) is 0 Å². The molecule has 0 amide bonds. The highest BCUT2D eigenvalue weighted by Crippen LogP contribution is 2.41. The van der Waals surface area contributed by atoms with Crippen LogP contribution in [0.3, 0.4) is 0 Å². The van der Waals surface area contributed by atoms with Crippen molar-refractivity contribution in [2.24, 2.45) is 0 Å². The molecule has 0 aromatic heterocycles. The molecule has 1 aromatic rings. The summed E-state index contributed by atoms with van der Waals surface area (Å²) in [4.78, 5) is 1.33. The van der Waals surface area contributed by atoms with Crippen LogP contribution in [0.5, 0.6) is 0 Å². The first-order chi connectivity index (χ1) is 9.29. The normalized spacial score (nSPS) is 23.2. The molecule has 0 radical (unpaired) electrons. The largest absolute Gasteiger partial charge is 0.412 e. The maximum Gasteiger partial charge on any atom is 0.192 e. The lowest BCUT2D eigenvalue weighted by Gasteiger charge is -2.39. The highest BCUT2D eigenvalue weighted by atomic mass is 32.2. The van der Waals surface area contributed by atoms with Gasteiger partial charge in [0.1, 0.15) is 0 Å². The second-order valence-electron chi connectivity index (χ2n) is 6.98. The molecule has 0 aliphatic heterocycles. The second-order valence-corrected chi connectivity index (χ2v) is 13.0. The lowest BCUT2D eigenvalue weighted by atomic mass is 10.2. The van der Waals surface area contributed by atoms with Crippen LogP contribution < -0.4 is 0 Å². The highest BCUT2D eigenvalue weighted by molar-refractivity contribution is 8.00. The Labute approximate surface area is 128 Å². The number of rotatable bonds is 4. The molecule has 0 spiro atoms. The van der Waals surface area contributed by atoms with E-state index in [0.717, 1.165) is 6.42 Å². The number of thioether (sulfide) groups is 1. The van der Waals surface area contributed by atoms with Gasteiger partial charge in [-0.2, -0.15) is 0 Å². The van der Waals surface area contributed by atoms with Crippen LogP contribution >= 0.6 is 11.8 Å². The summed E-state index contributed by atoms with van der Waals surface area (Å²) < 4.78 is 6.60. The van der Waals surface area contributed by atoms with Crippen molar-refractivity contribution in [3.05, 3.63) is 42.5 Å². The van der Waals surface area contributed by atoms with Crippen molar-refractivity contribution >= 4 is 20.1 Å². The van der Waals surface area contributed by atoms with Crippen LogP contribution in [0.1, 0.15) is 27.2 Å². The minimum atomic E-state index is -1.68. The van der Waals surface area contributed by atoms with Gasteiger partial charge < -0.3 is 4.43 Å². The van der Waals surface area contributed by atoms with E-state index in [0.29, 0.717) is 11.4 Å². The maximum absolute atomic E-state index is 6.60. The Balaban J connectivity index is 2.02. The van der Waals surface area contributed by atoms with Crippen LogP contribution in [-0.4, -0.2) is 19.7 Å². The summed E-state index contributed by atoms with van der Waals surface area (Å²) in [5.74, 6) is 0. The molecule has 110 valence electrons. The van der Waals surface area contributed by atoms with Gasteiger partial charge in [0, 0.05) is 4.90 Å². The number of benzene rings is 1. The summed E-state index contributed by atoms with van der Waals surface area (Å²) in [7, 11) is -1.68. The Kier molecular flexibility index (Phi) is 4.83. The standard InChI is InChI=1S/C17H26OSSi/c1-17(2,3)20(4,5)18-15-12-9-13-16(15)19-14-10-7-6-8-11-14/h6-11,13,15-16H,12H2,1-5H3/t15-,16-/m1/s1. The minimum Gasteiger partial charge on any atom is -0.412 e. The smallest absolute Gasteiger partial charge is 0.192 e. The predicted octanol–water partition coefficient (Wildman–Crippen LogP) is 5.50. The Hall–Kier alpha value is -0.513. The molecule has 0 saturated carbocycles. The summed E-state index contributed by atoms with van der Waals surface area (Å²) in [5, 5.41) is 0.726. The van der Waals surface area contributed by atoms with Gasteiger partial charge in [-0.15, -0.1) is 11.8 Å². The van der Waals surface area contributed by atoms with Crippen molar-refractivity contribution in [3.63, 3.8) is 0 Å². The average molecular weight is 307 g/mol. The summed E-state index contributed by atoms with van der Waals surface area (Å²) in [6.45, 7) is 11.6. The SMILES string of the molecule is CC(C)(C)[Si](C)(C)O[C@@H]1CC=C[C@H]1Sc1ccccc1. The zero-order valence-electron chi connectivity index (χ0n) is 13.2. The summed E-state index contributed by atoms with van der Waals surface area (Å²) in [6, 6.07) is 10.6. The molecular formula is C17H26OSSi. The third-order valence-electron chi connectivity index (χ3n) is 4.33. The molecule has 2 atom stereocenters. The molecule has 0 unspecified atom stereocenters. The van der Waals surface area contributed by atoms with Gasteiger partial charge in [-0.05, 0) is 36.7 Å². The van der Waals surface area contributed by atoms with Crippen molar-refractivity contribution in [2.45, 2.75) is 61.6 Å². The zero-order chi connectivity index (χ0) is 14.8. The van der Waals surface area contributed by atoms with Crippen LogP contribution in [0.15, 0.2) is 47.4 Å². The van der Waals surface area contributed by atoms with E-state index in [9.17, 15) is 0 Å². The van der Waals surface area contributed by atoms with E-state index in [1.807, 2.05) is 11.8 Å². The first-order valence-corrected chi connectivity index (χ1v) is 11.1. The average Bonchev–Trinajstić information content (AvgIpc) is 2.76. The second kappa shape index (κ2) is 6.08. The summed E-state index contributed by atoms with van der Waals surface area (Å²) >= 11 is 1.92. The molecule has 0 N–H and O–H groups in total. The van der Waals surface area contributed by atoms with Gasteiger partial charge in [0.05, 0.1) is 11.4 Å². The first kappa shape index (κ1) is 15.9. The van der Waals surface area contributed by atoms with E-state index in [2.05, 4.69) is 76.3 Å². The van der Waals surface area contributed by atoms with Gasteiger partial charge in [-0.3, -0.25) is 0 Å². The molecule has 0 bridgehead atoms. The number of hydrogen-bond acceptors (Lipinski definition) is 2. The van der Waals surface area contributed by atoms with E-state index in [-0.39, 0.29) is 5.04 Å². The molecule has 20 heavy (non-hydrogen) atoms. The molecule has 0 heterocycles. The van der Waals surface area contributed by atoms with Gasteiger partial charge in [0.25, 0.3) is 0 Å². The van der Waals surface area contributed by atoms with E-state index >= 15 is 0 Å². The molecule has 2 rings (SSSR count). The quantitative estimate of drug-likeness (QED) is 0.537. The van der Waals surface area contributed by atoms with Crippen LogP contribution in [0.2, 0.25) is 18.1 Å². The van der Waals surface area contributed by atoms with Crippen LogP contribution in [-0.2, 0) is 4.43 Å². The Morgan fingerprint density at radius 2 is 1.80 bits per heavy atom. The minimum absolute atomic E-state index is 0.275. The van der Waals surface area contributed by atoms with Gasteiger partial charge in [-0.1, -0.05) is 51.1 Å². The topological polar surface area (TPSA) is 9.23 Å². The Morgan fingerprint density at radius 1 is 1.15 bits per heavy atom. The van der Waals surface area contributed by atoms with Gasteiger partial charge >= 0.3 is 0 Å². The van der Waals surface area contributed by atoms with Crippen molar-refractivity contribution < 1.29 is 4.43 Å². The molecular weight excluding hydrogens is 280 g/mol. The van der Waals surface area contributed by atoms with Crippen LogP contribution in [0, 0.1) is 0 Å². The maximum atomic E-state index is 6.60. The predicted molar refractivity (Wildman–Crippen MR) is 91.9 cm³/mol. The van der Waals surface area contributed by atoms with Crippen molar-refractivity contribution in [1.82, 2.24) is 0 Å². The Bertz CT molecular complexity index is 462. The van der Waals surface area contributed by atoms with Gasteiger partial charge in [0.15, 0.2) is 8.32 Å². The summed E-state index contributed by atoms with van der Waals surface area (Å²) in [6.07, 6.45) is 5.98. The highest BCUT2D eigenvalue weighted by Gasteiger charge is 2.41. The van der Waals surface area contributed by atoms with Crippen molar-refractivity contribution in [3.8, 4) is 0 Å². The van der Waals surface area contributed by atoms with E-state index in [4.69, 9.17) is 4.43 Å². The van der Waals surface area contributed by atoms with Gasteiger partial charge in [-0.25, -0.2) is 0 Å². The molecule has 1 nitrogen and oxygen atoms in total. The Morgan fingerprint density at radius 3 is 2.40 bits per heavy atom. The third-order valence-corrected chi connectivity index (χ3v) is 10.1.